The normalized spacial score (nSPS) is 14.5. The Morgan fingerprint density at radius 1 is 1.09 bits per heavy atom. The molecule has 0 radical (unpaired) electrons. The number of carbonyl (C=O) groups is 1. The van der Waals surface area contributed by atoms with Gasteiger partial charge in [0, 0.05) is 62.5 Å². The molecule has 0 aliphatic carbocycles. The number of amides is 1. The van der Waals surface area contributed by atoms with Gasteiger partial charge in [0.2, 0.25) is 0 Å². The van der Waals surface area contributed by atoms with Crippen molar-refractivity contribution in [3.05, 3.63) is 71.2 Å². The second-order valence-corrected chi connectivity index (χ2v) is 8.83. The van der Waals surface area contributed by atoms with E-state index in [4.69, 9.17) is 4.52 Å². The molecule has 7 nitrogen and oxygen atoms in total. The fourth-order valence-corrected chi connectivity index (χ4v) is 4.96. The fraction of sp³-hybridized carbons (Fsp3) is 0.375. The minimum Gasteiger partial charge on any atom is -0.369 e. The molecular weight excluding hydrogens is 422 g/mol. The predicted molar refractivity (Wildman–Crippen MR) is 127 cm³/mol. The highest BCUT2D eigenvalue weighted by Gasteiger charge is 2.18. The highest BCUT2D eigenvalue weighted by Crippen LogP contribution is 2.27. The number of hydrogen-bond acceptors (Lipinski definition) is 7. The number of carbonyl (C=O) groups excluding carboxylic acids is 1. The Balaban J connectivity index is 1.25. The van der Waals surface area contributed by atoms with Crippen LogP contribution in [0.5, 0.6) is 0 Å². The van der Waals surface area contributed by atoms with Gasteiger partial charge in [0.25, 0.3) is 5.91 Å². The van der Waals surface area contributed by atoms with Crippen molar-refractivity contribution in [3.63, 3.8) is 0 Å². The second-order valence-electron chi connectivity index (χ2n) is 7.87. The van der Waals surface area contributed by atoms with Crippen molar-refractivity contribution in [1.82, 2.24) is 20.4 Å². The summed E-state index contributed by atoms with van der Waals surface area (Å²) in [5, 5.41) is 7.79. The Hall–Kier alpha value is -2.84. The number of benzene rings is 1. The molecule has 1 fully saturated rings. The first-order chi connectivity index (χ1) is 15.6. The van der Waals surface area contributed by atoms with Crippen LogP contribution in [0, 0.1) is 13.8 Å². The molecule has 3 aromatic rings. The lowest BCUT2D eigenvalue weighted by molar-refractivity contribution is 0.0944. The summed E-state index contributed by atoms with van der Waals surface area (Å²) in [6.07, 6.45) is 1.72. The highest BCUT2D eigenvalue weighted by atomic mass is 32.2. The van der Waals surface area contributed by atoms with Crippen LogP contribution in [-0.4, -0.2) is 60.2 Å². The topological polar surface area (TPSA) is 74.5 Å². The van der Waals surface area contributed by atoms with E-state index in [1.165, 1.54) is 17.4 Å². The van der Waals surface area contributed by atoms with E-state index in [0.717, 1.165) is 54.8 Å². The van der Waals surface area contributed by atoms with Crippen LogP contribution in [0.25, 0.3) is 0 Å². The van der Waals surface area contributed by atoms with Crippen LogP contribution in [0.3, 0.4) is 0 Å². The number of rotatable bonds is 8. The second kappa shape index (κ2) is 10.7. The Morgan fingerprint density at radius 3 is 2.59 bits per heavy atom. The van der Waals surface area contributed by atoms with Crippen molar-refractivity contribution in [2.24, 2.45) is 0 Å². The van der Waals surface area contributed by atoms with E-state index < -0.39 is 0 Å². The smallest absolute Gasteiger partial charge is 0.254 e. The molecule has 1 N–H and O–H groups in total. The van der Waals surface area contributed by atoms with Crippen LogP contribution in [0.4, 0.5) is 5.69 Å². The van der Waals surface area contributed by atoms with E-state index in [-0.39, 0.29) is 5.91 Å². The molecule has 8 heteroatoms. The molecule has 0 unspecified atom stereocenters. The Labute approximate surface area is 193 Å². The summed E-state index contributed by atoms with van der Waals surface area (Å²) in [4.78, 5) is 22.1. The zero-order valence-electron chi connectivity index (χ0n) is 18.6. The lowest BCUT2D eigenvalue weighted by Gasteiger charge is -2.36. The molecule has 1 amide bonds. The Bertz CT molecular complexity index is 1010. The van der Waals surface area contributed by atoms with E-state index in [1.54, 1.807) is 12.3 Å². The molecular formula is C24H29N5O2S. The molecule has 0 atom stereocenters. The Morgan fingerprint density at radius 2 is 1.88 bits per heavy atom. The molecule has 0 spiro atoms. The third-order valence-electron chi connectivity index (χ3n) is 5.76. The SMILES string of the molecule is Cc1noc(C)c1CSc1ncccc1C(=O)NCCN1CCN(c2ccccc2)CC1. The third kappa shape index (κ3) is 5.49. The molecule has 3 heterocycles. The number of para-hydroxylation sites is 1. The maximum Gasteiger partial charge on any atom is 0.254 e. The molecule has 0 saturated carbocycles. The van der Waals surface area contributed by atoms with Crippen molar-refractivity contribution in [2.45, 2.75) is 24.6 Å². The molecule has 32 heavy (non-hydrogen) atoms. The van der Waals surface area contributed by atoms with E-state index in [0.29, 0.717) is 17.9 Å². The maximum absolute atomic E-state index is 12.8. The van der Waals surface area contributed by atoms with Gasteiger partial charge in [-0.1, -0.05) is 23.4 Å². The summed E-state index contributed by atoms with van der Waals surface area (Å²) in [5.41, 5.74) is 3.82. The van der Waals surface area contributed by atoms with Crippen molar-refractivity contribution in [2.75, 3.05) is 44.2 Å². The van der Waals surface area contributed by atoms with Gasteiger partial charge in [-0.2, -0.15) is 0 Å². The quantitative estimate of drug-likeness (QED) is 0.525. The van der Waals surface area contributed by atoms with Crippen molar-refractivity contribution >= 4 is 23.4 Å². The standard InChI is InChI=1S/C24H29N5O2S/c1-18-22(19(2)31-27-18)17-32-24-21(9-6-10-26-24)23(30)25-11-12-28-13-15-29(16-14-28)20-7-4-3-5-8-20/h3-10H,11-17H2,1-2H3,(H,25,30). The number of nitrogens with one attached hydrogen (secondary N) is 1. The van der Waals surface area contributed by atoms with Crippen LogP contribution in [0.1, 0.15) is 27.4 Å². The molecule has 0 bridgehead atoms. The van der Waals surface area contributed by atoms with Gasteiger partial charge in [-0.3, -0.25) is 9.69 Å². The largest absolute Gasteiger partial charge is 0.369 e. The molecule has 1 saturated heterocycles. The van der Waals surface area contributed by atoms with Gasteiger partial charge in [0.15, 0.2) is 0 Å². The summed E-state index contributed by atoms with van der Waals surface area (Å²) in [6, 6.07) is 14.2. The van der Waals surface area contributed by atoms with Gasteiger partial charge in [0.05, 0.1) is 11.3 Å². The number of nitrogens with zero attached hydrogens (tertiary/aromatic N) is 4. The molecule has 4 rings (SSSR count). The van der Waals surface area contributed by atoms with Gasteiger partial charge < -0.3 is 14.7 Å². The van der Waals surface area contributed by atoms with E-state index in [1.807, 2.05) is 26.0 Å². The molecule has 168 valence electrons. The lowest BCUT2D eigenvalue weighted by Crippen LogP contribution is -2.48. The zero-order valence-corrected chi connectivity index (χ0v) is 19.4. The molecule has 1 aromatic carbocycles. The van der Waals surface area contributed by atoms with Crippen LogP contribution in [0.2, 0.25) is 0 Å². The summed E-state index contributed by atoms with van der Waals surface area (Å²) >= 11 is 1.53. The van der Waals surface area contributed by atoms with Crippen LogP contribution >= 0.6 is 11.8 Å². The van der Waals surface area contributed by atoms with Crippen molar-refractivity contribution in [1.29, 1.82) is 0 Å². The molecule has 1 aliphatic rings. The summed E-state index contributed by atoms with van der Waals surface area (Å²) in [6.45, 7) is 9.29. The first-order valence-electron chi connectivity index (χ1n) is 10.9. The first kappa shape index (κ1) is 22.4. The number of piperazine rings is 1. The van der Waals surface area contributed by atoms with Crippen LogP contribution in [0.15, 0.2) is 58.2 Å². The van der Waals surface area contributed by atoms with E-state index >= 15 is 0 Å². The fourth-order valence-electron chi connectivity index (χ4n) is 3.82. The number of pyridine rings is 1. The average Bonchev–Trinajstić information content (AvgIpc) is 3.16. The number of thioether (sulfide) groups is 1. The average molecular weight is 452 g/mol. The maximum atomic E-state index is 12.8. The monoisotopic (exact) mass is 451 g/mol. The number of hydrogen-bond donors (Lipinski definition) is 1. The van der Waals surface area contributed by atoms with Gasteiger partial charge in [-0.25, -0.2) is 4.98 Å². The molecule has 1 aliphatic heterocycles. The van der Waals surface area contributed by atoms with Gasteiger partial charge in [-0.05, 0) is 38.1 Å². The van der Waals surface area contributed by atoms with Crippen LogP contribution < -0.4 is 10.2 Å². The van der Waals surface area contributed by atoms with Crippen molar-refractivity contribution in [3.8, 4) is 0 Å². The minimum atomic E-state index is -0.0812. The third-order valence-corrected chi connectivity index (χ3v) is 6.79. The predicted octanol–water partition coefficient (Wildman–Crippen LogP) is 3.53. The number of aryl methyl sites for hydroxylation is 2. The van der Waals surface area contributed by atoms with E-state index in [9.17, 15) is 4.79 Å². The molecule has 2 aromatic heterocycles. The zero-order chi connectivity index (χ0) is 22.3. The van der Waals surface area contributed by atoms with Crippen LogP contribution in [-0.2, 0) is 5.75 Å². The highest BCUT2D eigenvalue weighted by molar-refractivity contribution is 7.98. The van der Waals surface area contributed by atoms with Gasteiger partial charge >= 0.3 is 0 Å². The summed E-state index contributed by atoms with van der Waals surface area (Å²) in [5.74, 6) is 1.40. The van der Waals surface area contributed by atoms with Crippen molar-refractivity contribution < 1.29 is 9.32 Å². The van der Waals surface area contributed by atoms with Gasteiger partial charge in [-0.15, -0.1) is 11.8 Å². The summed E-state index contributed by atoms with van der Waals surface area (Å²) in [7, 11) is 0. The summed E-state index contributed by atoms with van der Waals surface area (Å²) < 4.78 is 5.23. The number of aromatic nitrogens is 2. The van der Waals surface area contributed by atoms with Gasteiger partial charge in [0.1, 0.15) is 10.8 Å². The lowest BCUT2D eigenvalue weighted by atomic mass is 10.2. The minimum absolute atomic E-state index is 0.0812. The Kier molecular flexibility index (Phi) is 7.44. The van der Waals surface area contributed by atoms with E-state index in [2.05, 4.69) is 49.5 Å². The number of anilines is 1. The first-order valence-corrected chi connectivity index (χ1v) is 11.9.